The number of carboxylic acids is 1. The van der Waals surface area contributed by atoms with Gasteiger partial charge in [0.1, 0.15) is 0 Å². The maximum absolute atomic E-state index is 12.8. The number of morpholine rings is 1. The zero-order valence-electron chi connectivity index (χ0n) is 17.9. The number of nitrogens with zero attached hydrogens (tertiary/aromatic N) is 3. The molecule has 0 spiro atoms. The van der Waals surface area contributed by atoms with Crippen LogP contribution >= 0.6 is 0 Å². The van der Waals surface area contributed by atoms with Crippen LogP contribution in [0.1, 0.15) is 36.5 Å². The monoisotopic (exact) mass is 444 g/mol. The van der Waals surface area contributed by atoms with Gasteiger partial charge in [0.25, 0.3) is 11.9 Å². The first-order valence-electron chi connectivity index (χ1n) is 10.6. The van der Waals surface area contributed by atoms with Crippen LogP contribution in [0.4, 0.5) is 0 Å². The Morgan fingerprint density at radius 1 is 1.09 bits per heavy atom. The van der Waals surface area contributed by atoms with Gasteiger partial charge in [-0.2, -0.15) is 0 Å². The molecule has 2 amide bonds. The lowest BCUT2D eigenvalue weighted by Gasteiger charge is -2.36. The van der Waals surface area contributed by atoms with Gasteiger partial charge in [0.05, 0.1) is 36.4 Å². The Kier molecular flexibility index (Phi) is 8.07. The number of carboxylic acid groups (broad SMARTS) is 1. The highest BCUT2D eigenvalue weighted by molar-refractivity contribution is 5.97. The van der Waals surface area contributed by atoms with Gasteiger partial charge < -0.3 is 25.2 Å². The highest BCUT2D eigenvalue weighted by Crippen LogP contribution is 2.27. The molecule has 3 N–H and O–H groups in total. The summed E-state index contributed by atoms with van der Waals surface area (Å²) in [7, 11) is 0. The Hall–Kier alpha value is -3.11. The standard InChI is InChI=1S/C20H24N4O4.C2H4O2/c25-18-4-2-14(20(27)24-7-9-28-10-8-24)12-17(18)23-19(26)13-1-3-15-16(11-13)22-6-5-21-15;1-2(3)4/h1,3,5-6,11,14,17-18,25H,2,4,7-10,12H2,(H,23,26);1H3,(H,3,4)/t14-,17+,18+;/m0./s1. The lowest BCUT2D eigenvalue weighted by Crippen LogP contribution is -2.51. The number of aliphatic carboxylic acids is 1. The average Bonchev–Trinajstić information content (AvgIpc) is 2.80. The van der Waals surface area contributed by atoms with E-state index in [1.54, 1.807) is 30.6 Å². The molecule has 2 fully saturated rings. The second-order valence-electron chi connectivity index (χ2n) is 7.87. The highest BCUT2D eigenvalue weighted by atomic mass is 16.5. The third-order valence-electron chi connectivity index (χ3n) is 5.53. The summed E-state index contributed by atoms with van der Waals surface area (Å²) in [6, 6.07) is 4.68. The Morgan fingerprint density at radius 3 is 2.44 bits per heavy atom. The van der Waals surface area contributed by atoms with E-state index in [1.165, 1.54) is 0 Å². The summed E-state index contributed by atoms with van der Waals surface area (Å²) in [6.07, 6.45) is 4.10. The van der Waals surface area contributed by atoms with Gasteiger partial charge in [0.15, 0.2) is 0 Å². The van der Waals surface area contributed by atoms with E-state index >= 15 is 0 Å². The van der Waals surface area contributed by atoms with Crippen LogP contribution in [-0.2, 0) is 14.3 Å². The molecule has 1 aliphatic carbocycles. The lowest BCUT2D eigenvalue weighted by molar-refractivity contribution is -0.141. The minimum atomic E-state index is -0.833. The summed E-state index contributed by atoms with van der Waals surface area (Å²) in [5.74, 6) is -1.21. The Labute approximate surface area is 185 Å². The molecule has 3 atom stereocenters. The molecule has 1 aliphatic heterocycles. The number of ether oxygens (including phenoxy) is 1. The van der Waals surface area contributed by atoms with Gasteiger partial charge in [0, 0.05) is 43.9 Å². The van der Waals surface area contributed by atoms with E-state index in [0.29, 0.717) is 62.2 Å². The molecule has 10 nitrogen and oxygen atoms in total. The number of nitrogens with one attached hydrogen (secondary N) is 1. The third kappa shape index (κ3) is 6.21. The molecule has 0 unspecified atom stereocenters. The summed E-state index contributed by atoms with van der Waals surface area (Å²) in [5.41, 5.74) is 1.81. The summed E-state index contributed by atoms with van der Waals surface area (Å²) >= 11 is 0. The van der Waals surface area contributed by atoms with Crippen molar-refractivity contribution >= 4 is 28.8 Å². The zero-order valence-corrected chi connectivity index (χ0v) is 17.9. The number of carbonyl (C=O) groups is 3. The molecule has 172 valence electrons. The van der Waals surface area contributed by atoms with Crippen LogP contribution in [0.2, 0.25) is 0 Å². The van der Waals surface area contributed by atoms with E-state index in [9.17, 15) is 14.7 Å². The maximum atomic E-state index is 12.8. The van der Waals surface area contributed by atoms with Gasteiger partial charge in [-0.3, -0.25) is 24.4 Å². The zero-order chi connectivity index (χ0) is 23.1. The number of aromatic nitrogens is 2. The van der Waals surface area contributed by atoms with Crippen LogP contribution in [0, 0.1) is 5.92 Å². The summed E-state index contributed by atoms with van der Waals surface area (Å²) in [5, 5.41) is 20.7. The van der Waals surface area contributed by atoms with Gasteiger partial charge in [0.2, 0.25) is 5.91 Å². The van der Waals surface area contributed by atoms with E-state index in [2.05, 4.69) is 15.3 Å². The normalized spacial score (nSPS) is 23.1. The number of carbonyl (C=O) groups excluding carboxylic acids is 2. The molecule has 1 aromatic heterocycles. The highest BCUT2D eigenvalue weighted by Gasteiger charge is 2.36. The molecule has 2 heterocycles. The number of fused-ring (bicyclic) bond motifs is 1. The first-order valence-corrected chi connectivity index (χ1v) is 10.6. The fraction of sp³-hybridized carbons (Fsp3) is 0.500. The molecule has 1 saturated carbocycles. The van der Waals surface area contributed by atoms with Gasteiger partial charge in [-0.05, 0) is 37.5 Å². The number of aliphatic hydroxyl groups excluding tert-OH is 1. The lowest BCUT2D eigenvalue weighted by atomic mass is 9.82. The average molecular weight is 444 g/mol. The predicted molar refractivity (Wildman–Crippen MR) is 115 cm³/mol. The van der Waals surface area contributed by atoms with Crippen LogP contribution in [-0.4, -0.2) is 81.3 Å². The first-order chi connectivity index (χ1) is 15.3. The minimum absolute atomic E-state index is 0.0930. The summed E-state index contributed by atoms with van der Waals surface area (Å²) in [6.45, 7) is 3.41. The van der Waals surface area contributed by atoms with E-state index in [1.807, 2.05) is 4.90 Å². The van der Waals surface area contributed by atoms with Crippen LogP contribution in [0.3, 0.4) is 0 Å². The number of aliphatic hydroxyl groups is 1. The second kappa shape index (κ2) is 11.0. The van der Waals surface area contributed by atoms with Crippen LogP contribution in [0.15, 0.2) is 30.6 Å². The first kappa shape index (κ1) is 23.6. The topological polar surface area (TPSA) is 142 Å². The number of hydrogen-bond acceptors (Lipinski definition) is 7. The van der Waals surface area contributed by atoms with Crippen molar-refractivity contribution in [1.29, 1.82) is 0 Å². The van der Waals surface area contributed by atoms with Crippen molar-refractivity contribution in [1.82, 2.24) is 20.2 Å². The van der Waals surface area contributed by atoms with Crippen molar-refractivity contribution in [2.75, 3.05) is 26.3 Å². The molecule has 0 radical (unpaired) electrons. The number of amides is 2. The smallest absolute Gasteiger partial charge is 0.300 e. The minimum Gasteiger partial charge on any atom is -0.481 e. The predicted octanol–water partition coefficient (Wildman–Crippen LogP) is 0.839. The Bertz CT molecular complexity index is 958. The molecule has 10 heteroatoms. The van der Waals surface area contributed by atoms with Crippen molar-refractivity contribution in [3.63, 3.8) is 0 Å². The molecule has 1 aromatic carbocycles. The molecule has 32 heavy (non-hydrogen) atoms. The largest absolute Gasteiger partial charge is 0.481 e. The van der Waals surface area contributed by atoms with Gasteiger partial charge in [-0.15, -0.1) is 0 Å². The SMILES string of the molecule is CC(=O)O.O=C(N[C@@H]1C[C@@H](C(=O)N2CCOCC2)CC[C@H]1O)c1ccc2nccnc2c1. The van der Waals surface area contributed by atoms with Crippen molar-refractivity contribution in [2.45, 2.75) is 38.3 Å². The van der Waals surface area contributed by atoms with Crippen molar-refractivity contribution in [3.8, 4) is 0 Å². The summed E-state index contributed by atoms with van der Waals surface area (Å²) in [4.78, 5) is 44.7. The van der Waals surface area contributed by atoms with E-state index in [0.717, 1.165) is 6.92 Å². The van der Waals surface area contributed by atoms with E-state index < -0.39 is 18.1 Å². The number of benzene rings is 1. The quantitative estimate of drug-likeness (QED) is 0.632. The summed E-state index contributed by atoms with van der Waals surface area (Å²) < 4.78 is 5.31. The molecule has 2 aliphatic rings. The maximum Gasteiger partial charge on any atom is 0.300 e. The van der Waals surface area contributed by atoms with E-state index in [-0.39, 0.29) is 17.7 Å². The van der Waals surface area contributed by atoms with Crippen molar-refractivity contribution in [2.24, 2.45) is 5.92 Å². The molecular weight excluding hydrogens is 416 g/mol. The van der Waals surface area contributed by atoms with Crippen molar-refractivity contribution < 1.29 is 29.3 Å². The third-order valence-corrected chi connectivity index (χ3v) is 5.53. The van der Waals surface area contributed by atoms with Gasteiger partial charge in [-0.25, -0.2) is 0 Å². The second-order valence-corrected chi connectivity index (χ2v) is 7.87. The fourth-order valence-electron chi connectivity index (χ4n) is 3.93. The van der Waals surface area contributed by atoms with Crippen LogP contribution < -0.4 is 5.32 Å². The van der Waals surface area contributed by atoms with Crippen molar-refractivity contribution in [3.05, 3.63) is 36.2 Å². The molecule has 0 bridgehead atoms. The molecule has 1 saturated heterocycles. The molecule has 4 rings (SSSR count). The van der Waals surface area contributed by atoms with E-state index in [4.69, 9.17) is 14.6 Å². The van der Waals surface area contributed by atoms with Crippen LogP contribution in [0.25, 0.3) is 11.0 Å². The van der Waals surface area contributed by atoms with Crippen LogP contribution in [0.5, 0.6) is 0 Å². The van der Waals surface area contributed by atoms with Gasteiger partial charge >= 0.3 is 0 Å². The Balaban J connectivity index is 0.000000668. The number of rotatable bonds is 3. The number of hydrogen-bond donors (Lipinski definition) is 3. The van der Waals surface area contributed by atoms with Gasteiger partial charge in [-0.1, -0.05) is 0 Å². The molecule has 2 aromatic rings. The fourth-order valence-corrected chi connectivity index (χ4v) is 3.93. The molecular formula is C22H28N4O6. The Morgan fingerprint density at radius 2 is 1.75 bits per heavy atom.